The molecule has 6 nitrogen and oxygen atoms in total. The highest BCUT2D eigenvalue weighted by molar-refractivity contribution is 6.41. The van der Waals surface area contributed by atoms with E-state index in [0.717, 1.165) is 0 Å². The number of halogens is 2. The molecule has 2 aliphatic rings. The Bertz CT molecular complexity index is 1390. The van der Waals surface area contributed by atoms with Crippen LogP contribution in [0, 0.1) is 10.7 Å². The van der Waals surface area contributed by atoms with E-state index in [-0.39, 0.29) is 15.4 Å². The normalized spacial score (nSPS) is 11.1. The molecule has 2 aromatic carbocycles. The van der Waals surface area contributed by atoms with Crippen molar-refractivity contribution in [1.82, 2.24) is 9.55 Å². The second-order valence-electron chi connectivity index (χ2n) is 6.05. The summed E-state index contributed by atoms with van der Waals surface area (Å²) in [4.78, 5) is 27.8. The Labute approximate surface area is 168 Å². The number of fused-ring (bicyclic) bond motifs is 1. The van der Waals surface area contributed by atoms with Crippen LogP contribution in [0.5, 0.6) is 11.5 Å². The molecule has 0 amide bonds. The highest BCUT2D eigenvalue weighted by Crippen LogP contribution is 2.28. The summed E-state index contributed by atoms with van der Waals surface area (Å²) in [5.41, 5.74) is 0.426. The third-order valence-electron chi connectivity index (χ3n) is 4.53. The van der Waals surface area contributed by atoms with Crippen LogP contribution in [0.1, 0.15) is 0 Å². The molecule has 1 N–H and O–H groups in total. The van der Waals surface area contributed by atoms with Crippen molar-refractivity contribution in [1.29, 1.82) is 0 Å². The third kappa shape index (κ3) is 2.73. The number of benzene rings is 2. The number of ether oxygens (including phenoxy) is 2. The average Bonchev–Trinajstić information content (AvgIpc) is 2.74. The van der Waals surface area contributed by atoms with Crippen LogP contribution in [-0.2, 0) is 0 Å². The molecule has 142 valence electrons. The molecule has 1 aliphatic heterocycles. The van der Waals surface area contributed by atoms with Gasteiger partial charge < -0.3 is 19.0 Å². The molecular weight excluding hydrogens is 403 g/mol. The van der Waals surface area contributed by atoms with Gasteiger partial charge in [-0.25, -0.2) is 0 Å². The van der Waals surface area contributed by atoms with Crippen LogP contribution in [0.15, 0.2) is 52.1 Å². The molecule has 0 spiro atoms. The second-order valence-corrected chi connectivity index (χ2v) is 6.81. The number of aromatic amines is 1. The number of nitrogens with one attached hydrogen (secondary N) is 1. The molecule has 28 heavy (non-hydrogen) atoms. The first kappa shape index (κ1) is 18.4. The number of H-pyrrole nitrogens is 1. The summed E-state index contributed by atoms with van der Waals surface area (Å²) in [6, 6.07) is 12.5. The monoisotopic (exact) mass is 416 g/mol. The molecule has 2 aromatic rings. The van der Waals surface area contributed by atoms with Gasteiger partial charge in [0.1, 0.15) is 21.9 Å². The molecule has 0 fully saturated rings. The van der Waals surface area contributed by atoms with Gasteiger partial charge in [0.2, 0.25) is 5.43 Å². The van der Waals surface area contributed by atoms with Gasteiger partial charge in [0.15, 0.2) is 0 Å². The van der Waals surface area contributed by atoms with Crippen molar-refractivity contribution in [3.8, 4) is 17.2 Å². The van der Waals surface area contributed by atoms with E-state index in [1.54, 1.807) is 49.1 Å². The fourth-order valence-electron chi connectivity index (χ4n) is 3.14. The van der Waals surface area contributed by atoms with Crippen LogP contribution >= 0.6 is 23.2 Å². The topological polar surface area (TPSA) is 73.3 Å². The Balaban J connectivity index is 2.31. The van der Waals surface area contributed by atoms with E-state index in [9.17, 15) is 9.59 Å². The van der Waals surface area contributed by atoms with Gasteiger partial charge in [0.05, 0.1) is 35.6 Å². The molecule has 0 atom stereocenters. The first-order valence-electron chi connectivity index (χ1n) is 8.24. The number of hydrogen-bond donors (Lipinski definition) is 1. The van der Waals surface area contributed by atoms with Crippen molar-refractivity contribution in [2.24, 2.45) is 0 Å². The molecule has 8 heteroatoms. The molecule has 0 unspecified atom stereocenters. The zero-order valence-electron chi connectivity index (χ0n) is 14.9. The van der Waals surface area contributed by atoms with Crippen molar-refractivity contribution in [2.75, 3.05) is 14.2 Å². The quantitative estimate of drug-likeness (QED) is 0.516. The molecule has 1 aliphatic carbocycles. The minimum atomic E-state index is -0.843. The SMILES string of the molecule is COc1ccc(-n2c3c(Cl)c(Cl)c(=O)c(=O)c=3[nH]c3ccc(OC)cc32)cc1. The molecule has 0 saturated carbocycles. The number of aromatic nitrogens is 2. The second kappa shape index (κ2) is 6.89. The molecule has 0 saturated heterocycles. The minimum absolute atomic E-state index is 0.00180. The Morgan fingerprint density at radius 2 is 1.50 bits per heavy atom. The third-order valence-corrected chi connectivity index (χ3v) is 5.36. The lowest BCUT2D eigenvalue weighted by Crippen LogP contribution is -2.28. The molecular formula is C20H14Cl2N2O4. The van der Waals surface area contributed by atoms with Crippen molar-refractivity contribution < 1.29 is 9.47 Å². The molecule has 0 radical (unpaired) electrons. The summed E-state index contributed by atoms with van der Waals surface area (Å²) in [5, 5.41) is 0.0743. The summed E-state index contributed by atoms with van der Waals surface area (Å²) >= 11 is 12.5. The zero-order chi connectivity index (χ0) is 20.0. The van der Waals surface area contributed by atoms with E-state index in [1.165, 1.54) is 0 Å². The lowest BCUT2D eigenvalue weighted by atomic mass is 10.2. The summed E-state index contributed by atoms with van der Waals surface area (Å²) in [6.45, 7) is 0. The van der Waals surface area contributed by atoms with Gasteiger partial charge in [-0.3, -0.25) is 9.59 Å². The fraction of sp³-hybridized carbons (Fsp3) is 0.100. The Hall–Kier alpha value is -2.96. The summed E-state index contributed by atoms with van der Waals surface area (Å²) in [6.07, 6.45) is 0. The van der Waals surface area contributed by atoms with Gasteiger partial charge in [0.25, 0.3) is 5.43 Å². The summed E-state index contributed by atoms with van der Waals surface area (Å²) in [7, 11) is 3.14. The van der Waals surface area contributed by atoms with Crippen LogP contribution in [0.25, 0.3) is 16.7 Å². The maximum atomic E-state index is 12.6. The molecule has 1 heterocycles. The van der Waals surface area contributed by atoms with Gasteiger partial charge >= 0.3 is 0 Å². The lowest BCUT2D eigenvalue weighted by molar-refractivity contribution is 0.414. The first-order valence-corrected chi connectivity index (χ1v) is 9.00. The first-order chi connectivity index (χ1) is 13.5. The summed E-state index contributed by atoms with van der Waals surface area (Å²) < 4.78 is 12.3. The number of hydrogen-bond acceptors (Lipinski definition) is 4. The van der Waals surface area contributed by atoms with Gasteiger partial charge in [-0.2, -0.15) is 0 Å². The zero-order valence-corrected chi connectivity index (χ0v) is 16.4. The van der Waals surface area contributed by atoms with Crippen molar-refractivity contribution in [3.63, 3.8) is 0 Å². The largest absolute Gasteiger partial charge is 0.497 e. The van der Waals surface area contributed by atoms with Crippen LogP contribution in [0.3, 0.4) is 0 Å². The lowest BCUT2D eigenvalue weighted by Gasteiger charge is -2.16. The van der Waals surface area contributed by atoms with E-state index in [4.69, 9.17) is 32.7 Å². The highest BCUT2D eigenvalue weighted by Gasteiger charge is 2.17. The maximum Gasteiger partial charge on any atom is 0.252 e. The van der Waals surface area contributed by atoms with Crippen LogP contribution < -0.4 is 20.3 Å². The predicted molar refractivity (Wildman–Crippen MR) is 109 cm³/mol. The van der Waals surface area contributed by atoms with Crippen molar-refractivity contribution in [3.05, 3.63) is 83.7 Å². The van der Waals surface area contributed by atoms with Crippen LogP contribution in [0.2, 0.25) is 10.0 Å². The van der Waals surface area contributed by atoms with Crippen molar-refractivity contribution >= 4 is 34.2 Å². The van der Waals surface area contributed by atoms with Crippen LogP contribution in [-0.4, -0.2) is 23.8 Å². The Kier molecular flexibility index (Phi) is 4.53. The fourth-order valence-corrected chi connectivity index (χ4v) is 3.58. The van der Waals surface area contributed by atoms with Crippen LogP contribution in [0.4, 0.5) is 0 Å². The molecule has 0 bridgehead atoms. The van der Waals surface area contributed by atoms with Gasteiger partial charge in [0, 0.05) is 11.8 Å². The van der Waals surface area contributed by atoms with Crippen molar-refractivity contribution in [2.45, 2.75) is 0 Å². The number of methoxy groups -OCH3 is 2. The number of rotatable bonds is 3. The van der Waals surface area contributed by atoms with Gasteiger partial charge in [-0.15, -0.1) is 0 Å². The maximum absolute atomic E-state index is 12.6. The molecule has 0 aromatic heterocycles. The van der Waals surface area contributed by atoms with E-state index < -0.39 is 10.9 Å². The number of nitrogens with zero attached hydrogens (tertiary/aromatic N) is 1. The standard InChI is InChI=1S/C20H14Cl2N2O4/c1-27-11-5-3-10(4-6-11)24-14-9-12(28-2)7-8-13(14)23-17-18(24)15(21)16(22)19(25)20(17)26/h3-9,23H,1-2H3. The van der Waals surface area contributed by atoms with Gasteiger partial charge in [-0.1, -0.05) is 23.2 Å². The Morgan fingerprint density at radius 1 is 0.857 bits per heavy atom. The van der Waals surface area contributed by atoms with E-state index in [1.807, 2.05) is 12.1 Å². The predicted octanol–water partition coefficient (Wildman–Crippen LogP) is 3.73. The highest BCUT2D eigenvalue weighted by atomic mass is 35.5. The van der Waals surface area contributed by atoms with E-state index in [2.05, 4.69) is 4.98 Å². The Morgan fingerprint density at radius 3 is 2.14 bits per heavy atom. The van der Waals surface area contributed by atoms with E-state index in [0.29, 0.717) is 33.6 Å². The average molecular weight is 417 g/mol. The van der Waals surface area contributed by atoms with E-state index >= 15 is 0 Å². The minimum Gasteiger partial charge on any atom is -0.497 e. The summed E-state index contributed by atoms with van der Waals surface area (Å²) in [5.74, 6) is 1.29. The molecule has 4 rings (SSSR count). The smallest absolute Gasteiger partial charge is 0.252 e. The van der Waals surface area contributed by atoms with Gasteiger partial charge in [-0.05, 0) is 36.4 Å².